The fourth-order valence-electron chi connectivity index (χ4n) is 0.950. The molecule has 1 aliphatic rings. The predicted octanol–water partition coefficient (Wildman–Crippen LogP) is 1.50. The molecule has 0 aliphatic heterocycles. The van der Waals surface area contributed by atoms with E-state index in [1.165, 1.54) is 0 Å². The summed E-state index contributed by atoms with van der Waals surface area (Å²) in [6, 6.07) is 0. The van der Waals surface area contributed by atoms with Gasteiger partial charge in [0, 0.05) is 6.42 Å². The van der Waals surface area contributed by atoms with Gasteiger partial charge in [0.1, 0.15) is 18.9 Å². The van der Waals surface area contributed by atoms with E-state index >= 15 is 0 Å². The second-order valence-electron chi connectivity index (χ2n) is 4.62. The van der Waals surface area contributed by atoms with Gasteiger partial charge in [0.25, 0.3) is 0 Å². The summed E-state index contributed by atoms with van der Waals surface area (Å²) in [7, 11) is 2.08. The van der Waals surface area contributed by atoms with Crippen molar-refractivity contribution < 1.29 is 23.0 Å². The maximum absolute atomic E-state index is 11.4. The van der Waals surface area contributed by atoms with Gasteiger partial charge in [-0.1, -0.05) is 0 Å². The van der Waals surface area contributed by atoms with Gasteiger partial charge in [0.2, 0.25) is 0 Å². The van der Waals surface area contributed by atoms with Gasteiger partial charge in [-0.15, -0.1) is 0 Å². The molecular weight excluding hydrogens is 217 g/mol. The van der Waals surface area contributed by atoms with Crippen LogP contribution in [0.5, 0.6) is 0 Å². The van der Waals surface area contributed by atoms with E-state index in [0.717, 1.165) is 12.8 Å². The van der Waals surface area contributed by atoms with Crippen molar-refractivity contribution in [3.05, 3.63) is 11.8 Å². The van der Waals surface area contributed by atoms with Crippen molar-refractivity contribution >= 4 is 7.82 Å². The van der Waals surface area contributed by atoms with Gasteiger partial charge in [-0.3, -0.25) is 9.42 Å². The lowest BCUT2D eigenvalue weighted by atomic mass is 10.1. The third-order valence-electron chi connectivity index (χ3n) is 2.01. The number of phosphoric ester groups is 1. The van der Waals surface area contributed by atoms with Crippen LogP contribution in [0.1, 0.15) is 12.8 Å². The fraction of sp³-hybridized carbons (Fsp3) is 0.778. The standard InChI is InChI=1S/C9H18NO4P/c1-10(2,3)7-8-13-15(11,12)14-9-5-4-6-9/h5H,4,6-8H2,1-3H3/p+1. The molecule has 0 aromatic carbocycles. The molecule has 0 aromatic rings. The number of rotatable bonds is 6. The molecule has 5 nitrogen and oxygen atoms in total. The Morgan fingerprint density at radius 3 is 2.53 bits per heavy atom. The molecule has 88 valence electrons. The van der Waals surface area contributed by atoms with Crippen molar-refractivity contribution in [2.45, 2.75) is 12.8 Å². The highest BCUT2D eigenvalue weighted by Gasteiger charge is 2.26. The molecule has 1 aliphatic carbocycles. The average molecular weight is 236 g/mol. The summed E-state index contributed by atoms with van der Waals surface area (Å²) in [4.78, 5) is 9.31. The van der Waals surface area contributed by atoms with Gasteiger partial charge in [-0.05, 0) is 12.5 Å². The highest BCUT2D eigenvalue weighted by Crippen LogP contribution is 2.47. The molecule has 0 aromatic heterocycles. The highest BCUT2D eigenvalue weighted by atomic mass is 31.2. The summed E-state index contributed by atoms with van der Waals surface area (Å²) < 4.78 is 21.7. The monoisotopic (exact) mass is 236 g/mol. The molecule has 0 heterocycles. The van der Waals surface area contributed by atoms with Gasteiger partial charge in [0.15, 0.2) is 0 Å². The van der Waals surface area contributed by atoms with Gasteiger partial charge in [-0.25, -0.2) is 4.57 Å². The number of quaternary nitrogens is 1. The third kappa shape index (κ3) is 5.33. The van der Waals surface area contributed by atoms with Crippen LogP contribution in [0.3, 0.4) is 0 Å². The SMILES string of the molecule is C[N+](C)(C)CCOP(=O)(O)OC1=CCC1. The van der Waals surface area contributed by atoms with E-state index in [1.54, 1.807) is 6.08 Å². The molecule has 6 heteroatoms. The lowest BCUT2D eigenvalue weighted by Crippen LogP contribution is -2.37. The minimum absolute atomic E-state index is 0.213. The van der Waals surface area contributed by atoms with E-state index in [0.29, 0.717) is 16.8 Å². The zero-order valence-electron chi connectivity index (χ0n) is 9.47. The van der Waals surface area contributed by atoms with Crippen molar-refractivity contribution in [3.8, 4) is 0 Å². The first-order valence-electron chi connectivity index (χ1n) is 4.95. The molecule has 1 atom stereocenters. The molecule has 0 amide bonds. The van der Waals surface area contributed by atoms with Crippen LogP contribution in [0.4, 0.5) is 0 Å². The summed E-state index contributed by atoms with van der Waals surface area (Å²) in [6.07, 6.45) is 3.42. The molecular formula is C9H19NO4P+. The van der Waals surface area contributed by atoms with E-state index in [2.05, 4.69) is 0 Å². The second-order valence-corrected chi connectivity index (χ2v) is 5.99. The van der Waals surface area contributed by atoms with Crippen LogP contribution >= 0.6 is 7.82 Å². The number of nitrogens with zero attached hydrogens (tertiary/aromatic N) is 1. The van der Waals surface area contributed by atoms with Gasteiger partial charge < -0.3 is 9.01 Å². The molecule has 0 spiro atoms. The summed E-state index contributed by atoms with van der Waals surface area (Å²) in [5.41, 5.74) is 0. The molecule has 15 heavy (non-hydrogen) atoms. The lowest BCUT2D eigenvalue weighted by molar-refractivity contribution is -0.870. The highest BCUT2D eigenvalue weighted by molar-refractivity contribution is 7.47. The first kappa shape index (κ1) is 12.7. The van der Waals surface area contributed by atoms with Crippen LogP contribution in [-0.2, 0) is 13.6 Å². The minimum Gasteiger partial charge on any atom is -0.409 e. The molecule has 1 N–H and O–H groups in total. The fourth-order valence-corrected chi connectivity index (χ4v) is 1.78. The zero-order valence-corrected chi connectivity index (χ0v) is 10.4. The lowest BCUT2D eigenvalue weighted by Gasteiger charge is -2.24. The third-order valence-corrected chi connectivity index (χ3v) is 2.99. The molecule has 1 rings (SSSR count). The summed E-state index contributed by atoms with van der Waals surface area (Å²) >= 11 is 0. The van der Waals surface area contributed by atoms with Gasteiger partial charge in [-0.2, -0.15) is 0 Å². The largest absolute Gasteiger partial charge is 0.527 e. The average Bonchev–Trinajstić information content (AvgIpc) is 1.94. The van der Waals surface area contributed by atoms with E-state index in [1.807, 2.05) is 21.1 Å². The van der Waals surface area contributed by atoms with Crippen LogP contribution in [0.25, 0.3) is 0 Å². The van der Waals surface area contributed by atoms with Crippen LogP contribution in [0.15, 0.2) is 11.8 Å². The normalized spacial score (nSPS) is 20.1. The number of hydrogen-bond donors (Lipinski definition) is 1. The Hall–Kier alpha value is -0.350. The maximum atomic E-state index is 11.4. The quantitative estimate of drug-likeness (QED) is 0.561. The van der Waals surface area contributed by atoms with Crippen LogP contribution in [-0.4, -0.2) is 43.7 Å². The first-order chi connectivity index (χ1) is 6.79. The number of hydrogen-bond acceptors (Lipinski definition) is 3. The Balaban J connectivity index is 2.27. The number of phosphoric acid groups is 1. The number of likely N-dealkylation sites (N-methyl/N-ethyl adjacent to an activating group) is 1. The molecule has 0 bridgehead atoms. The van der Waals surface area contributed by atoms with Crippen molar-refractivity contribution in [2.24, 2.45) is 0 Å². The predicted molar refractivity (Wildman–Crippen MR) is 57.1 cm³/mol. The maximum Gasteiger partial charge on any atom is 0.527 e. The van der Waals surface area contributed by atoms with Crippen LogP contribution in [0.2, 0.25) is 0 Å². The Bertz CT molecular complexity index is 295. The zero-order chi connectivity index (χ0) is 11.5. The Labute approximate surface area is 90.5 Å². The van der Waals surface area contributed by atoms with Crippen LogP contribution < -0.4 is 0 Å². The Kier molecular flexibility index (Phi) is 3.95. The van der Waals surface area contributed by atoms with E-state index in [9.17, 15) is 9.46 Å². The van der Waals surface area contributed by atoms with Crippen molar-refractivity contribution in [1.82, 2.24) is 0 Å². The van der Waals surface area contributed by atoms with Crippen molar-refractivity contribution in [2.75, 3.05) is 34.3 Å². The topological polar surface area (TPSA) is 55.8 Å². The Morgan fingerprint density at radius 1 is 1.53 bits per heavy atom. The molecule has 0 fully saturated rings. The molecule has 0 saturated carbocycles. The summed E-state index contributed by atoms with van der Waals surface area (Å²) in [5, 5.41) is 0. The first-order valence-corrected chi connectivity index (χ1v) is 6.44. The molecule has 0 saturated heterocycles. The summed E-state index contributed by atoms with van der Waals surface area (Å²) in [6.45, 7) is 0.873. The smallest absolute Gasteiger partial charge is 0.409 e. The minimum atomic E-state index is -3.88. The van der Waals surface area contributed by atoms with E-state index < -0.39 is 7.82 Å². The van der Waals surface area contributed by atoms with Gasteiger partial charge in [0.05, 0.1) is 21.1 Å². The van der Waals surface area contributed by atoms with Crippen molar-refractivity contribution in [3.63, 3.8) is 0 Å². The number of allylic oxidation sites excluding steroid dienone is 2. The second kappa shape index (κ2) is 4.66. The Morgan fingerprint density at radius 2 is 2.13 bits per heavy atom. The van der Waals surface area contributed by atoms with Crippen molar-refractivity contribution in [1.29, 1.82) is 0 Å². The molecule has 0 radical (unpaired) electrons. The van der Waals surface area contributed by atoms with E-state index in [-0.39, 0.29) is 6.61 Å². The van der Waals surface area contributed by atoms with E-state index in [4.69, 9.17) is 9.05 Å². The molecule has 1 unspecified atom stereocenters. The van der Waals surface area contributed by atoms with Gasteiger partial charge >= 0.3 is 7.82 Å². The van der Waals surface area contributed by atoms with Crippen LogP contribution in [0, 0.1) is 0 Å². The summed E-state index contributed by atoms with van der Waals surface area (Å²) in [5.74, 6) is 0.561.